The van der Waals surface area contributed by atoms with Crippen LogP contribution < -0.4 is 15.5 Å². The lowest BCUT2D eigenvalue weighted by molar-refractivity contribution is -0.119. The Labute approximate surface area is 165 Å². The monoisotopic (exact) mass is 387 g/mol. The number of aryl methyl sites for hydroxylation is 2. The Morgan fingerprint density at radius 2 is 2.00 bits per heavy atom. The van der Waals surface area contributed by atoms with Crippen molar-refractivity contribution in [1.82, 2.24) is 5.43 Å². The van der Waals surface area contributed by atoms with E-state index >= 15 is 0 Å². The fourth-order valence-corrected chi connectivity index (χ4v) is 2.48. The van der Waals surface area contributed by atoms with E-state index in [-0.39, 0.29) is 18.6 Å². The summed E-state index contributed by atoms with van der Waals surface area (Å²) in [6, 6.07) is 11.4. The molecule has 0 radical (unpaired) electrons. The molecule has 2 rings (SSSR count). The highest BCUT2D eigenvalue weighted by Crippen LogP contribution is 2.26. The number of carbonyl (C=O) groups is 1. The van der Waals surface area contributed by atoms with Crippen molar-refractivity contribution >= 4 is 29.4 Å². The number of rotatable bonds is 8. The second kappa shape index (κ2) is 9.97. The topological polar surface area (TPSA) is 62.7 Å². The van der Waals surface area contributed by atoms with Crippen LogP contribution in [-0.4, -0.2) is 24.8 Å². The first-order valence-corrected chi connectivity index (χ1v) is 9.36. The molecule has 0 aliphatic carbocycles. The third kappa shape index (κ3) is 6.61. The van der Waals surface area contributed by atoms with Crippen molar-refractivity contribution in [3.05, 3.63) is 58.1 Å². The number of ether oxygens (including phenoxy) is 1. The van der Waals surface area contributed by atoms with Crippen molar-refractivity contribution in [2.45, 2.75) is 40.2 Å². The quantitative estimate of drug-likeness (QED) is 0.510. The highest BCUT2D eigenvalue weighted by atomic mass is 35.5. The SMILES string of the molecule is CC[C@@H](C)Oc1ccc(/C=N\NC(=O)CNc2ccc(C)c(C)c2)cc1Cl. The van der Waals surface area contributed by atoms with Crippen LogP contribution in [0.3, 0.4) is 0 Å². The van der Waals surface area contributed by atoms with Crippen molar-refractivity contribution in [2.24, 2.45) is 5.10 Å². The molecule has 1 atom stereocenters. The molecule has 2 N–H and O–H groups in total. The lowest BCUT2D eigenvalue weighted by Gasteiger charge is -2.13. The molecular weight excluding hydrogens is 362 g/mol. The summed E-state index contributed by atoms with van der Waals surface area (Å²) >= 11 is 6.23. The molecule has 0 bridgehead atoms. The molecule has 0 aromatic heterocycles. The third-order valence-electron chi connectivity index (χ3n) is 4.22. The number of halogens is 1. The Morgan fingerprint density at radius 3 is 2.67 bits per heavy atom. The first-order valence-electron chi connectivity index (χ1n) is 8.98. The van der Waals surface area contributed by atoms with E-state index in [1.165, 1.54) is 11.1 Å². The van der Waals surface area contributed by atoms with Gasteiger partial charge in [-0.1, -0.05) is 24.6 Å². The van der Waals surface area contributed by atoms with Gasteiger partial charge in [-0.15, -0.1) is 0 Å². The zero-order chi connectivity index (χ0) is 19.8. The van der Waals surface area contributed by atoms with Crippen LogP contribution in [-0.2, 0) is 4.79 Å². The molecule has 27 heavy (non-hydrogen) atoms. The molecule has 0 heterocycles. The number of hydrogen-bond donors (Lipinski definition) is 2. The van der Waals surface area contributed by atoms with Gasteiger partial charge in [0.1, 0.15) is 5.75 Å². The summed E-state index contributed by atoms with van der Waals surface area (Å²) in [5, 5.41) is 7.56. The van der Waals surface area contributed by atoms with Gasteiger partial charge in [0.15, 0.2) is 0 Å². The Kier molecular flexibility index (Phi) is 7.67. The van der Waals surface area contributed by atoms with Gasteiger partial charge in [0, 0.05) is 5.69 Å². The maximum Gasteiger partial charge on any atom is 0.259 e. The third-order valence-corrected chi connectivity index (χ3v) is 4.52. The van der Waals surface area contributed by atoms with Crippen molar-refractivity contribution < 1.29 is 9.53 Å². The molecular formula is C21H26ClN3O2. The molecule has 0 spiro atoms. The van der Waals surface area contributed by atoms with E-state index in [0.717, 1.165) is 17.7 Å². The van der Waals surface area contributed by atoms with E-state index < -0.39 is 0 Å². The molecule has 1 amide bonds. The molecule has 0 saturated heterocycles. The summed E-state index contributed by atoms with van der Waals surface area (Å²) in [5.41, 5.74) is 6.57. The Morgan fingerprint density at radius 1 is 1.22 bits per heavy atom. The predicted octanol–water partition coefficient (Wildman–Crippen LogP) is 4.70. The number of nitrogens with zero attached hydrogens (tertiary/aromatic N) is 1. The van der Waals surface area contributed by atoms with E-state index in [4.69, 9.17) is 16.3 Å². The highest BCUT2D eigenvalue weighted by Gasteiger charge is 2.06. The van der Waals surface area contributed by atoms with Crippen LogP contribution in [0.4, 0.5) is 5.69 Å². The molecule has 0 aliphatic heterocycles. The van der Waals surface area contributed by atoms with Gasteiger partial charge >= 0.3 is 0 Å². The Balaban J connectivity index is 1.84. The molecule has 6 heteroatoms. The van der Waals surface area contributed by atoms with E-state index in [9.17, 15) is 4.79 Å². The van der Waals surface area contributed by atoms with Gasteiger partial charge in [0.2, 0.25) is 0 Å². The van der Waals surface area contributed by atoms with Gasteiger partial charge in [-0.2, -0.15) is 5.10 Å². The summed E-state index contributed by atoms with van der Waals surface area (Å²) in [5.74, 6) is 0.414. The molecule has 144 valence electrons. The molecule has 0 saturated carbocycles. The summed E-state index contributed by atoms with van der Waals surface area (Å²) in [6.07, 6.45) is 2.56. The maximum atomic E-state index is 11.9. The molecule has 0 unspecified atom stereocenters. The molecule has 2 aromatic carbocycles. The first-order chi connectivity index (χ1) is 12.9. The molecule has 0 fully saturated rings. The van der Waals surface area contributed by atoms with Crippen molar-refractivity contribution in [3.8, 4) is 5.75 Å². The van der Waals surface area contributed by atoms with Crippen molar-refractivity contribution in [3.63, 3.8) is 0 Å². The first kappa shape index (κ1) is 20.8. The number of hydrogen-bond acceptors (Lipinski definition) is 4. The summed E-state index contributed by atoms with van der Waals surface area (Å²) in [6.45, 7) is 8.28. The van der Waals surface area contributed by atoms with Gasteiger partial charge in [-0.05, 0) is 74.2 Å². The fourth-order valence-electron chi connectivity index (χ4n) is 2.25. The van der Waals surface area contributed by atoms with Crippen LogP contribution in [0, 0.1) is 13.8 Å². The van der Waals surface area contributed by atoms with E-state index in [2.05, 4.69) is 29.7 Å². The molecule has 2 aromatic rings. The number of anilines is 1. The second-order valence-electron chi connectivity index (χ2n) is 6.47. The van der Waals surface area contributed by atoms with E-state index in [0.29, 0.717) is 10.8 Å². The van der Waals surface area contributed by atoms with Gasteiger partial charge < -0.3 is 10.1 Å². The second-order valence-corrected chi connectivity index (χ2v) is 6.88. The van der Waals surface area contributed by atoms with Crippen molar-refractivity contribution in [1.29, 1.82) is 0 Å². The number of amides is 1. The zero-order valence-corrected chi connectivity index (χ0v) is 16.9. The number of benzene rings is 2. The Hall–Kier alpha value is -2.53. The lowest BCUT2D eigenvalue weighted by atomic mass is 10.1. The smallest absolute Gasteiger partial charge is 0.259 e. The van der Waals surface area contributed by atoms with Crippen LogP contribution in [0.2, 0.25) is 5.02 Å². The zero-order valence-electron chi connectivity index (χ0n) is 16.2. The predicted molar refractivity (Wildman–Crippen MR) is 112 cm³/mol. The van der Waals surface area contributed by atoms with Crippen molar-refractivity contribution in [2.75, 3.05) is 11.9 Å². The molecule has 5 nitrogen and oxygen atoms in total. The highest BCUT2D eigenvalue weighted by molar-refractivity contribution is 6.32. The average molecular weight is 388 g/mol. The van der Waals surface area contributed by atoms with Gasteiger partial charge in [0.05, 0.1) is 23.9 Å². The largest absolute Gasteiger partial charge is 0.489 e. The minimum absolute atomic E-state index is 0.103. The van der Waals surface area contributed by atoms with E-state index in [1.807, 2.05) is 38.1 Å². The number of nitrogens with one attached hydrogen (secondary N) is 2. The standard InChI is InChI=1S/C21H26ClN3O2/c1-5-16(4)27-20-9-7-17(11-19(20)22)12-24-25-21(26)13-23-18-8-6-14(2)15(3)10-18/h6-12,16,23H,5,13H2,1-4H3,(H,25,26)/b24-12-/t16-/m1/s1. The number of carbonyl (C=O) groups excluding carboxylic acids is 1. The van der Waals surface area contributed by atoms with Gasteiger partial charge in [-0.25, -0.2) is 5.43 Å². The normalized spacial score (nSPS) is 12.0. The summed E-state index contributed by atoms with van der Waals surface area (Å²) in [7, 11) is 0. The Bertz CT molecular complexity index is 821. The average Bonchev–Trinajstić information content (AvgIpc) is 2.64. The summed E-state index contributed by atoms with van der Waals surface area (Å²) in [4.78, 5) is 11.9. The summed E-state index contributed by atoms with van der Waals surface area (Å²) < 4.78 is 5.73. The number of hydrazone groups is 1. The van der Waals surface area contributed by atoms with Crippen LogP contribution in [0.15, 0.2) is 41.5 Å². The van der Waals surface area contributed by atoms with Gasteiger partial charge in [0.25, 0.3) is 5.91 Å². The van der Waals surface area contributed by atoms with Crippen LogP contribution >= 0.6 is 11.6 Å². The van der Waals surface area contributed by atoms with Crippen LogP contribution in [0.5, 0.6) is 5.75 Å². The molecule has 0 aliphatic rings. The van der Waals surface area contributed by atoms with Gasteiger partial charge in [-0.3, -0.25) is 4.79 Å². The minimum Gasteiger partial charge on any atom is -0.489 e. The lowest BCUT2D eigenvalue weighted by Crippen LogP contribution is -2.25. The van der Waals surface area contributed by atoms with E-state index in [1.54, 1.807) is 18.3 Å². The van der Waals surface area contributed by atoms with Crippen LogP contribution in [0.1, 0.15) is 37.0 Å². The van der Waals surface area contributed by atoms with Crippen LogP contribution in [0.25, 0.3) is 0 Å². The minimum atomic E-state index is -0.229. The maximum absolute atomic E-state index is 11.9. The fraction of sp³-hybridized carbons (Fsp3) is 0.333.